The van der Waals surface area contributed by atoms with E-state index in [0.717, 1.165) is 0 Å². The van der Waals surface area contributed by atoms with Crippen molar-refractivity contribution in [1.82, 2.24) is 4.90 Å². The molecule has 0 aromatic carbocycles. The molecule has 1 nitrogen and oxygen atoms in total. The lowest BCUT2D eigenvalue weighted by Crippen LogP contribution is -2.54. The fourth-order valence-corrected chi connectivity index (χ4v) is 0.861. The van der Waals surface area contributed by atoms with Gasteiger partial charge in [0.1, 0.15) is 0 Å². The van der Waals surface area contributed by atoms with Gasteiger partial charge in [0.15, 0.2) is 0 Å². The average Bonchev–Trinajstić information content (AvgIpc) is 1.81. The number of allylic oxidation sites excluding steroid dienone is 1. The van der Waals surface area contributed by atoms with Crippen LogP contribution in [-0.4, -0.2) is 23.9 Å². The highest BCUT2D eigenvalue weighted by atomic mass is 19.3. The average molecular weight is 145 g/mol. The van der Waals surface area contributed by atoms with Gasteiger partial charge in [-0.2, -0.15) is 0 Å². The lowest BCUT2D eigenvalue weighted by molar-refractivity contribution is -0.115. The number of nitrogens with zero attached hydrogens (tertiary/aromatic N) is 1. The van der Waals surface area contributed by atoms with Crippen molar-refractivity contribution in [2.24, 2.45) is 0 Å². The van der Waals surface area contributed by atoms with Crippen LogP contribution in [-0.2, 0) is 0 Å². The summed E-state index contributed by atoms with van der Waals surface area (Å²) in [5.74, 6) is -2.49. The Hall–Kier alpha value is -0.820. The molecule has 1 saturated heterocycles. The van der Waals surface area contributed by atoms with Crippen molar-refractivity contribution in [3.8, 4) is 0 Å². The third-order valence-electron chi connectivity index (χ3n) is 1.57. The molecule has 3 heteroatoms. The van der Waals surface area contributed by atoms with Crippen LogP contribution in [0.15, 0.2) is 18.0 Å². The van der Waals surface area contributed by atoms with Gasteiger partial charge in [-0.15, -0.1) is 5.73 Å². The molecule has 56 valence electrons. The zero-order valence-corrected chi connectivity index (χ0v) is 5.82. The van der Waals surface area contributed by atoms with Gasteiger partial charge in [-0.25, -0.2) is 8.78 Å². The summed E-state index contributed by atoms with van der Waals surface area (Å²) in [7, 11) is 0. The quantitative estimate of drug-likeness (QED) is 0.507. The van der Waals surface area contributed by atoms with Crippen molar-refractivity contribution in [3.05, 3.63) is 18.0 Å². The minimum Gasteiger partial charge on any atom is -0.357 e. The molecule has 0 N–H and O–H groups in total. The number of rotatable bonds is 1. The van der Waals surface area contributed by atoms with Gasteiger partial charge in [-0.05, 0) is 6.92 Å². The summed E-state index contributed by atoms with van der Waals surface area (Å²) < 4.78 is 24.4. The third-order valence-corrected chi connectivity index (χ3v) is 1.57. The maximum atomic E-state index is 12.2. The molecule has 10 heavy (non-hydrogen) atoms. The fourth-order valence-electron chi connectivity index (χ4n) is 0.861. The van der Waals surface area contributed by atoms with Crippen LogP contribution in [0.5, 0.6) is 0 Å². The van der Waals surface area contributed by atoms with E-state index in [0.29, 0.717) is 5.70 Å². The van der Waals surface area contributed by atoms with Gasteiger partial charge in [0.2, 0.25) is 0 Å². The number of hydrogen-bond donors (Lipinski definition) is 0. The normalized spacial score (nSPS) is 21.3. The Labute approximate surface area is 58.6 Å². The maximum absolute atomic E-state index is 12.2. The Morgan fingerprint density at radius 2 is 2.10 bits per heavy atom. The summed E-state index contributed by atoms with van der Waals surface area (Å²) in [6, 6.07) is 0. The zero-order chi connectivity index (χ0) is 7.78. The molecular formula is C7H9F2N. The maximum Gasteiger partial charge on any atom is 0.282 e. The lowest BCUT2D eigenvalue weighted by Gasteiger charge is -2.40. The second-order valence-corrected chi connectivity index (χ2v) is 2.47. The lowest BCUT2D eigenvalue weighted by atomic mass is 10.1. The minimum absolute atomic E-state index is 0.179. The Morgan fingerprint density at radius 1 is 1.60 bits per heavy atom. The second kappa shape index (κ2) is 2.10. The molecule has 1 aliphatic heterocycles. The smallest absolute Gasteiger partial charge is 0.282 e. The van der Waals surface area contributed by atoms with Crippen molar-refractivity contribution in [2.75, 3.05) is 13.1 Å². The van der Waals surface area contributed by atoms with Gasteiger partial charge in [-0.1, -0.05) is 6.58 Å². The van der Waals surface area contributed by atoms with Crippen molar-refractivity contribution in [1.29, 1.82) is 0 Å². The monoisotopic (exact) mass is 145 g/mol. The number of hydrogen-bond acceptors (Lipinski definition) is 1. The first-order chi connectivity index (χ1) is 4.55. The molecule has 0 unspecified atom stereocenters. The molecule has 0 bridgehead atoms. The van der Waals surface area contributed by atoms with Crippen LogP contribution in [0.25, 0.3) is 0 Å². The predicted molar refractivity (Wildman–Crippen MR) is 34.8 cm³/mol. The van der Waals surface area contributed by atoms with Crippen LogP contribution in [0.2, 0.25) is 0 Å². The van der Waals surface area contributed by atoms with E-state index in [2.05, 4.69) is 12.3 Å². The van der Waals surface area contributed by atoms with Gasteiger partial charge in [0, 0.05) is 0 Å². The molecule has 0 spiro atoms. The molecule has 0 aromatic heterocycles. The molecule has 0 atom stereocenters. The number of likely N-dealkylation sites (tertiary alicyclic amines) is 1. The number of alkyl halides is 2. The van der Waals surface area contributed by atoms with Crippen molar-refractivity contribution in [3.63, 3.8) is 0 Å². The highest BCUT2D eigenvalue weighted by molar-refractivity contribution is 5.03. The minimum atomic E-state index is -2.49. The fraction of sp³-hybridized carbons (Fsp3) is 0.571. The molecule has 1 fully saturated rings. The van der Waals surface area contributed by atoms with Crippen LogP contribution in [0.1, 0.15) is 6.92 Å². The molecule has 1 rings (SSSR count). The van der Waals surface area contributed by atoms with Crippen molar-refractivity contribution in [2.45, 2.75) is 12.8 Å². The largest absolute Gasteiger partial charge is 0.357 e. The van der Waals surface area contributed by atoms with Crippen LogP contribution >= 0.6 is 0 Å². The molecule has 0 aromatic rings. The SMILES string of the molecule is C=C=C(C)N1CC(F)(F)C1. The van der Waals surface area contributed by atoms with Crippen LogP contribution in [0.4, 0.5) is 8.78 Å². The number of halogens is 2. The van der Waals surface area contributed by atoms with Gasteiger partial charge >= 0.3 is 0 Å². The van der Waals surface area contributed by atoms with E-state index in [9.17, 15) is 8.78 Å². The van der Waals surface area contributed by atoms with Crippen molar-refractivity contribution >= 4 is 0 Å². The summed E-state index contributed by atoms with van der Waals surface area (Å²) in [4.78, 5) is 1.55. The molecule has 1 aliphatic rings. The van der Waals surface area contributed by atoms with E-state index in [1.165, 1.54) is 0 Å². The molecule has 0 amide bonds. The molecular weight excluding hydrogens is 136 g/mol. The molecule has 0 radical (unpaired) electrons. The second-order valence-electron chi connectivity index (χ2n) is 2.47. The van der Waals surface area contributed by atoms with Gasteiger partial charge in [0.05, 0.1) is 18.8 Å². The van der Waals surface area contributed by atoms with E-state index in [-0.39, 0.29) is 13.1 Å². The van der Waals surface area contributed by atoms with Gasteiger partial charge < -0.3 is 4.90 Å². The van der Waals surface area contributed by atoms with E-state index in [1.54, 1.807) is 11.8 Å². The summed E-state index contributed by atoms with van der Waals surface area (Å²) in [6.45, 7) is 4.73. The van der Waals surface area contributed by atoms with Crippen LogP contribution < -0.4 is 0 Å². The first kappa shape index (κ1) is 7.29. The van der Waals surface area contributed by atoms with E-state index in [1.807, 2.05) is 0 Å². The Kier molecular flexibility index (Phi) is 1.53. The molecule has 0 saturated carbocycles. The Bertz CT molecular complexity index is 184. The van der Waals surface area contributed by atoms with E-state index < -0.39 is 5.92 Å². The van der Waals surface area contributed by atoms with Crippen molar-refractivity contribution < 1.29 is 8.78 Å². The highest BCUT2D eigenvalue weighted by Gasteiger charge is 2.43. The van der Waals surface area contributed by atoms with Crippen LogP contribution in [0, 0.1) is 0 Å². The Balaban J connectivity index is 2.48. The molecule has 1 heterocycles. The first-order valence-electron chi connectivity index (χ1n) is 3.04. The summed E-state index contributed by atoms with van der Waals surface area (Å²) >= 11 is 0. The molecule has 0 aliphatic carbocycles. The van der Waals surface area contributed by atoms with Gasteiger partial charge in [0.25, 0.3) is 5.92 Å². The van der Waals surface area contributed by atoms with E-state index >= 15 is 0 Å². The van der Waals surface area contributed by atoms with Crippen LogP contribution in [0.3, 0.4) is 0 Å². The summed E-state index contributed by atoms with van der Waals surface area (Å²) in [5.41, 5.74) is 3.26. The third kappa shape index (κ3) is 1.19. The standard InChI is InChI=1S/C7H9F2N/c1-3-6(2)10-4-7(8,9)5-10/h1,4-5H2,2H3. The topological polar surface area (TPSA) is 3.24 Å². The summed E-state index contributed by atoms with van der Waals surface area (Å²) in [6.07, 6.45) is 0. The Morgan fingerprint density at radius 3 is 2.40 bits per heavy atom. The zero-order valence-electron chi connectivity index (χ0n) is 5.82. The van der Waals surface area contributed by atoms with Gasteiger partial charge in [-0.3, -0.25) is 0 Å². The predicted octanol–water partition coefficient (Wildman–Crippen LogP) is 1.63. The van der Waals surface area contributed by atoms with E-state index in [4.69, 9.17) is 0 Å². The summed E-state index contributed by atoms with van der Waals surface area (Å²) in [5, 5.41) is 0. The first-order valence-corrected chi connectivity index (χ1v) is 3.04. The highest BCUT2D eigenvalue weighted by Crippen LogP contribution is 2.28.